The molecule has 0 amide bonds. The molecule has 0 saturated carbocycles. The summed E-state index contributed by atoms with van der Waals surface area (Å²) in [6.07, 6.45) is 1.36. The van der Waals surface area contributed by atoms with Gasteiger partial charge in [-0.3, -0.25) is 0 Å². The van der Waals surface area contributed by atoms with Gasteiger partial charge in [-0.25, -0.2) is 4.79 Å². The Balaban J connectivity index is 2.07. The van der Waals surface area contributed by atoms with Gasteiger partial charge in [0, 0.05) is 18.4 Å². The van der Waals surface area contributed by atoms with Gasteiger partial charge in [-0.15, -0.1) is 0 Å². The molecule has 2 rings (SSSR count). The van der Waals surface area contributed by atoms with E-state index < -0.39 is 0 Å². The normalized spacial score (nSPS) is 9.65. The highest BCUT2D eigenvalue weighted by Crippen LogP contribution is 2.11. The van der Waals surface area contributed by atoms with Crippen molar-refractivity contribution in [2.24, 2.45) is 0 Å². The largest absolute Gasteiger partial charge is 0.234 e. The van der Waals surface area contributed by atoms with Crippen molar-refractivity contribution in [3.8, 4) is 0 Å². The van der Waals surface area contributed by atoms with Crippen molar-refractivity contribution in [3.05, 3.63) is 77.4 Å². The average Bonchev–Trinajstić information content (AvgIpc) is 2.40. The van der Waals surface area contributed by atoms with Crippen LogP contribution in [0.3, 0.4) is 0 Å². The third kappa shape index (κ3) is 3.44. The van der Waals surface area contributed by atoms with Gasteiger partial charge in [0.15, 0.2) is 0 Å². The lowest BCUT2D eigenvalue weighted by Crippen LogP contribution is -1.96. The molecule has 0 bridgehead atoms. The van der Waals surface area contributed by atoms with Gasteiger partial charge in [0.2, 0.25) is 0 Å². The quantitative estimate of drug-likeness (QED) is 0.726. The highest BCUT2D eigenvalue weighted by Gasteiger charge is 2.02. The lowest BCUT2D eigenvalue weighted by atomic mass is 10.00. The van der Waals surface area contributed by atoms with E-state index in [0.717, 1.165) is 16.7 Å². The SMILES string of the molecule is O=C=C(Cc1ccccc1)Cc1ccccc1. The minimum Gasteiger partial charge on any atom is -0.234 e. The van der Waals surface area contributed by atoms with Gasteiger partial charge in [0.1, 0.15) is 5.94 Å². The fraction of sp³-hybridized carbons (Fsp3) is 0.125. The molecule has 0 aliphatic carbocycles. The molecule has 1 nitrogen and oxygen atoms in total. The summed E-state index contributed by atoms with van der Waals surface area (Å²) in [6, 6.07) is 20.0. The lowest BCUT2D eigenvalue weighted by molar-refractivity contribution is 0.566. The second-order valence-corrected chi connectivity index (χ2v) is 4.03. The van der Waals surface area contributed by atoms with Gasteiger partial charge in [0.25, 0.3) is 0 Å². The number of benzene rings is 2. The number of carbonyl (C=O) groups excluding carboxylic acids is 1. The molecule has 0 spiro atoms. The maximum absolute atomic E-state index is 11.0. The molecule has 2 aromatic carbocycles. The Morgan fingerprint density at radius 3 is 1.53 bits per heavy atom. The molecule has 0 atom stereocenters. The van der Waals surface area contributed by atoms with Gasteiger partial charge in [-0.05, 0) is 11.1 Å². The highest BCUT2D eigenvalue weighted by molar-refractivity contribution is 5.55. The van der Waals surface area contributed by atoms with E-state index >= 15 is 0 Å². The number of rotatable bonds is 4. The zero-order valence-corrected chi connectivity index (χ0v) is 9.60. The van der Waals surface area contributed by atoms with Crippen molar-refractivity contribution in [2.75, 3.05) is 0 Å². The Morgan fingerprint density at radius 1 is 0.765 bits per heavy atom. The van der Waals surface area contributed by atoms with Crippen molar-refractivity contribution in [1.82, 2.24) is 0 Å². The van der Waals surface area contributed by atoms with Gasteiger partial charge < -0.3 is 0 Å². The van der Waals surface area contributed by atoms with E-state index in [1.54, 1.807) is 0 Å². The fourth-order valence-electron chi connectivity index (χ4n) is 1.82. The first-order valence-corrected chi connectivity index (χ1v) is 5.69. The van der Waals surface area contributed by atoms with Crippen LogP contribution in [0.1, 0.15) is 11.1 Å². The monoisotopic (exact) mass is 222 g/mol. The van der Waals surface area contributed by atoms with E-state index in [1.165, 1.54) is 0 Å². The lowest BCUT2D eigenvalue weighted by Gasteiger charge is -2.03. The minimum atomic E-state index is 0.680. The molecule has 0 aliphatic rings. The predicted molar refractivity (Wildman–Crippen MR) is 69.5 cm³/mol. The summed E-state index contributed by atoms with van der Waals surface area (Å²) in [7, 11) is 0. The smallest absolute Gasteiger partial charge is 0.124 e. The molecular weight excluding hydrogens is 208 g/mol. The minimum absolute atomic E-state index is 0.680. The summed E-state index contributed by atoms with van der Waals surface area (Å²) in [5.41, 5.74) is 3.10. The molecule has 0 saturated heterocycles. The molecule has 0 N–H and O–H groups in total. The van der Waals surface area contributed by atoms with Crippen LogP contribution in [-0.2, 0) is 17.6 Å². The molecule has 0 aromatic heterocycles. The zero-order chi connectivity index (χ0) is 11.9. The maximum atomic E-state index is 11.0. The maximum Gasteiger partial charge on any atom is 0.124 e. The van der Waals surface area contributed by atoms with Crippen LogP contribution in [0, 0.1) is 0 Å². The van der Waals surface area contributed by atoms with Crippen LogP contribution in [0.25, 0.3) is 0 Å². The topological polar surface area (TPSA) is 17.1 Å². The van der Waals surface area contributed by atoms with Crippen LogP contribution in [-0.4, -0.2) is 5.94 Å². The number of hydrogen-bond acceptors (Lipinski definition) is 1. The first-order chi connectivity index (χ1) is 8.38. The van der Waals surface area contributed by atoms with Crippen LogP contribution in [0.15, 0.2) is 66.2 Å². The van der Waals surface area contributed by atoms with E-state index in [2.05, 4.69) is 5.94 Å². The molecule has 2 aromatic rings. The van der Waals surface area contributed by atoms with E-state index in [9.17, 15) is 4.79 Å². The molecule has 1 heteroatoms. The zero-order valence-electron chi connectivity index (χ0n) is 9.60. The standard InChI is InChI=1S/C16H14O/c17-13-16(11-14-7-3-1-4-8-14)12-15-9-5-2-6-10-15/h1-10H,11-12H2. The Labute approximate surface area is 101 Å². The van der Waals surface area contributed by atoms with Gasteiger partial charge in [-0.2, -0.15) is 0 Å². The Bertz CT molecular complexity index is 464. The van der Waals surface area contributed by atoms with Crippen molar-refractivity contribution in [1.29, 1.82) is 0 Å². The summed E-state index contributed by atoms with van der Waals surface area (Å²) in [5.74, 6) is 2.07. The predicted octanol–water partition coefficient (Wildman–Crippen LogP) is 3.23. The van der Waals surface area contributed by atoms with E-state index in [4.69, 9.17) is 0 Å². The van der Waals surface area contributed by atoms with Crippen molar-refractivity contribution >= 4 is 5.94 Å². The second-order valence-electron chi connectivity index (χ2n) is 4.03. The average molecular weight is 222 g/mol. The molecular formula is C16H14O. The highest BCUT2D eigenvalue weighted by atomic mass is 16.1. The Kier molecular flexibility index (Phi) is 3.90. The third-order valence-corrected chi connectivity index (χ3v) is 2.67. The summed E-state index contributed by atoms with van der Waals surface area (Å²) in [4.78, 5) is 11.0. The summed E-state index contributed by atoms with van der Waals surface area (Å²) in [6.45, 7) is 0. The van der Waals surface area contributed by atoms with Gasteiger partial charge >= 0.3 is 0 Å². The van der Waals surface area contributed by atoms with Crippen LogP contribution >= 0.6 is 0 Å². The Hall–Kier alpha value is -2.11. The van der Waals surface area contributed by atoms with Gasteiger partial charge in [-0.1, -0.05) is 60.7 Å². The molecule has 0 aliphatic heterocycles. The summed E-state index contributed by atoms with van der Waals surface area (Å²) in [5, 5.41) is 0. The van der Waals surface area contributed by atoms with Crippen molar-refractivity contribution in [3.63, 3.8) is 0 Å². The van der Waals surface area contributed by atoms with E-state index in [-0.39, 0.29) is 0 Å². The van der Waals surface area contributed by atoms with Crippen LogP contribution < -0.4 is 0 Å². The van der Waals surface area contributed by atoms with Crippen molar-refractivity contribution in [2.45, 2.75) is 12.8 Å². The molecule has 0 radical (unpaired) electrons. The van der Waals surface area contributed by atoms with Crippen LogP contribution in [0.4, 0.5) is 0 Å². The second kappa shape index (κ2) is 5.83. The van der Waals surface area contributed by atoms with Crippen LogP contribution in [0.5, 0.6) is 0 Å². The number of allylic oxidation sites excluding steroid dienone is 1. The number of hydrogen-bond donors (Lipinski definition) is 0. The fourth-order valence-corrected chi connectivity index (χ4v) is 1.82. The molecule has 84 valence electrons. The first kappa shape index (κ1) is 11.4. The molecule has 0 unspecified atom stereocenters. The van der Waals surface area contributed by atoms with Crippen molar-refractivity contribution < 1.29 is 4.79 Å². The van der Waals surface area contributed by atoms with E-state index in [0.29, 0.717) is 12.8 Å². The summed E-state index contributed by atoms with van der Waals surface area (Å²) >= 11 is 0. The first-order valence-electron chi connectivity index (χ1n) is 5.69. The molecule has 0 heterocycles. The van der Waals surface area contributed by atoms with Crippen LogP contribution in [0.2, 0.25) is 0 Å². The molecule has 17 heavy (non-hydrogen) atoms. The molecule has 0 fully saturated rings. The van der Waals surface area contributed by atoms with Gasteiger partial charge in [0.05, 0.1) is 0 Å². The third-order valence-electron chi connectivity index (χ3n) is 2.67. The van der Waals surface area contributed by atoms with E-state index in [1.807, 2.05) is 60.7 Å². The Morgan fingerprint density at radius 2 is 1.18 bits per heavy atom. The summed E-state index contributed by atoms with van der Waals surface area (Å²) < 4.78 is 0.